The fourth-order valence-electron chi connectivity index (χ4n) is 3.34. The summed E-state index contributed by atoms with van der Waals surface area (Å²) in [5.74, 6) is 0.699. The molecule has 5 nitrogen and oxygen atoms in total. The molecule has 2 fully saturated rings. The maximum Gasteiger partial charge on any atom is 0.270 e. The van der Waals surface area contributed by atoms with E-state index >= 15 is 0 Å². The van der Waals surface area contributed by atoms with Gasteiger partial charge in [0.05, 0.1) is 9.40 Å². The fraction of sp³-hybridized carbons (Fsp3) is 0.571. The quantitative estimate of drug-likeness (QED) is 0.625. The van der Waals surface area contributed by atoms with Gasteiger partial charge in [-0.3, -0.25) is 10.1 Å². The van der Waals surface area contributed by atoms with E-state index in [9.17, 15) is 10.1 Å². The summed E-state index contributed by atoms with van der Waals surface area (Å²) in [7, 11) is 2.19. The van der Waals surface area contributed by atoms with Crippen LogP contribution in [0.4, 0.5) is 5.69 Å². The summed E-state index contributed by atoms with van der Waals surface area (Å²) in [6.45, 7) is 0. The first kappa shape index (κ1) is 13.8. The van der Waals surface area contributed by atoms with E-state index in [0.717, 1.165) is 12.8 Å². The maximum absolute atomic E-state index is 10.7. The average molecular weight is 341 g/mol. The van der Waals surface area contributed by atoms with E-state index in [0.29, 0.717) is 22.3 Å². The van der Waals surface area contributed by atoms with E-state index in [-0.39, 0.29) is 11.8 Å². The van der Waals surface area contributed by atoms with Crippen molar-refractivity contribution in [3.05, 3.63) is 32.8 Å². The third-order valence-corrected chi connectivity index (χ3v) is 5.09. The van der Waals surface area contributed by atoms with Crippen molar-refractivity contribution in [2.75, 3.05) is 7.05 Å². The smallest absolute Gasteiger partial charge is 0.270 e. The molecule has 0 aliphatic carbocycles. The van der Waals surface area contributed by atoms with Gasteiger partial charge in [0, 0.05) is 24.2 Å². The summed E-state index contributed by atoms with van der Waals surface area (Å²) in [4.78, 5) is 12.8. The third kappa shape index (κ3) is 2.54. The van der Waals surface area contributed by atoms with Crippen molar-refractivity contribution >= 4 is 21.6 Å². The van der Waals surface area contributed by atoms with Crippen LogP contribution in [0.5, 0.6) is 5.75 Å². The van der Waals surface area contributed by atoms with Gasteiger partial charge in [0.2, 0.25) is 0 Å². The largest absolute Gasteiger partial charge is 0.489 e. The van der Waals surface area contributed by atoms with Gasteiger partial charge in [-0.1, -0.05) is 0 Å². The van der Waals surface area contributed by atoms with E-state index in [2.05, 4.69) is 27.9 Å². The van der Waals surface area contributed by atoms with Gasteiger partial charge in [-0.15, -0.1) is 0 Å². The van der Waals surface area contributed by atoms with Crippen LogP contribution in [0, 0.1) is 10.1 Å². The molecular weight excluding hydrogens is 324 g/mol. The highest BCUT2D eigenvalue weighted by Crippen LogP contribution is 2.37. The van der Waals surface area contributed by atoms with E-state index in [1.165, 1.54) is 25.0 Å². The minimum Gasteiger partial charge on any atom is -0.489 e. The van der Waals surface area contributed by atoms with Crippen molar-refractivity contribution < 1.29 is 9.66 Å². The van der Waals surface area contributed by atoms with Crippen LogP contribution < -0.4 is 4.74 Å². The molecule has 6 heteroatoms. The molecule has 0 saturated carbocycles. The van der Waals surface area contributed by atoms with Crippen molar-refractivity contribution in [3.63, 3.8) is 0 Å². The Labute approximate surface area is 126 Å². The normalized spacial score (nSPS) is 29.4. The molecule has 1 aromatic rings. The van der Waals surface area contributed by atoms with Crippen LogP contribution in [0.15, 0.2) is 22.7 Å². The molecule has 0 radical (unpaired) electrons. The number of nitro groups is 1. The Kier molecular flexibility index (Phi) is 3.69. The summed E-state index contributed by atoms with van der Waals surface area (Å²) >= 11 is 3.36. The topological polar surface area (TPSA) is 55.6 Å². The van der Waals surface area contributed by atoms with Gasteiger partial charge >= 0.3 is 0 Å². The monoisotopic (exact) mass is 340 g/mol. The molecule has 0 N–H and O–H groups in total. The molecule has 1 aromatic carbocycles. The third-order valence-electron chi connectivity index (χ3n) is 4.47. The molecule has 2 unspecified atom stereocenters. The number of fused-ring (bicyclic) bond motifs is 2. The summed E-state index contributed by atoms with van der Waals surface area (Å²) in [5.41, 5.74) is 0.0765. The van der Waals surface area contributed by atoms with Gasteiger partial charge in [-0.25, -0.2) is 0 Å². The van der Waals surface area contributed by atoms with Crippen molar-refractivity contribution in [1.29, 1.82) is 0 Å². The lowest BCUT2D eigenvalue weighted by molar-refractivity contribution is -0.385. The number of halogens is 1. The van der Waals surface area contributed by atoms with Gasteiger partial charge in [0.1, 0.15) is 11.9 Å². The van der Waals surface area contributed by atoms with Crippen LogP contribution in [-0.4, -0.2) is 35.1 Å². The number of piperidine rings is 1. The Balaban J connectivity index is 1.71. The van der Waals surface area contributed by atoms with Crippen molar-refractivity contribution in [2.24, 2.45) is 0 Å². The summed E-state index contributed by atoms with van der Waals surface area (Å²) in [5, 5.41) is 10.7. The van der Waals surface area contributed by atoms with Crippen LogP contribution >= 0.6 is 15.9 Å². The fourth-order valence-corrected chi connectivity index (χ4v) is 3.80. The number of ether oxygens (including phenoxy) is 1. The molecule has 3 rings (SSSR count). The lowest BCUT2D eigenvalue weighted by atomic mass is 10.0. The number of hydrogen-bond acceptors (Lipinski definition) is 4. The number of nitrogens with zero attached hydrogens (tertiary/aromatic N) is 2. The molecule has 2 aliphatic heterocycles. The Hall–Kier alpha value is -1.14. The van der Waals surface area contributed by atoms with Crippen molar-refractivity contribution in [3.8, 4) is 5.75 Å². The number of rotatable bonds is 3. The minimum atomic E-state index is -0.398. The molecule has 2 aliphatic rings. The van der Waals surface area contributed by atoms with Crippen LogP contribution in [0.25, 0.3) is 0 Å². The first-order valence-corrected chi connectivity index (χ1v) is 7.66. The predicted molar refractivity (Wildman–Crippen MR) is 79.0 cm³/mol. The second-order valence-electron chi connectivity index (χ2n) is 5.63. The summed E-state index contributed by atoms with van der Waals surface area (Å²) in [6.07, 6.45) is 4.79. The number of benzene rings is 1. The standard InChI is InChI=1S/C14H17BrN2O3/c1-16-9-2-3-10(16)7-12(6-9)20-14-5-4-11(17(18)19)8-13(14)15/h4-5,8-10,12H,2-3,6-7H2,1H3. The zero-order chi connectivity index (χ0) is 14.3. The first-order valence-electron chi connectivity index (χ1n) is 6.87. The minimum absolute atomic E-state index is 0.0765. The Bertz CT molecular complexity index is 523. The number of non-ortho nitro benzene ring substituents is 1. The maximum atomic E-state index is 10.7. The second kappa shape index (κ2) is 5.33. The lowest BCUT2D eigenvalue weighted by Gasteiger charge is -2.36. The molecule has 0 spiro atoms. The van der Waals surface area contributed by atoms with Crippen LogP contribution in [0.2, 0.25) is 0 Å². The molecule has 0 aromatic heterocycles. The Morgan fingerprint density at radius 2 is 2.00 bits per heavy atom. The van der Waals surface area contributed by atoms with E-state index in [1.807, 2.05) is 0 Å². The molecule has 108 valence electrons. The SMILES string of the molecule is CN1C2CCC1CC(Oc1ccc([N+](=O)[O-])cc1Br)C2. The number of nitro benzene ring substituents is 1. The highest BCUT2D eigenvalue weighted by Gasteiger charge is 2.39. The highest BCUT2D eigenvalue weighted by molar-refractivity contribution is 9.10. The summed E-state index contributed by atoms with van der Waals surface area (Å²) in [6, 6.07) is 5.91. The van der Waals surface area contributed by atoms with E-state index < -0.39 is 4.92 Å². The molecule has 2 heterocycles. The van der Waals surface area contributed by atoms with Crippen LogP contribution in [-0.2, 0) is 0 Å². The molecular formula is C14H17BrN2O3. The molecule has 2 bridgehead atoms. The van der Waals surface area contributed by atoms with Crippen LogP contribution in [0.1, 0.15) is 25.7 Å². The van der Waals surface area contributed by atoms with E-state index in [4.69, 9.17) is 4.74 Å². The van der Waals surface area contributed by atoms with Gasteiger partial charge < -0.3 is 9.64 Å². The Morgan fingerprint density at radius 3 is 2.55 bits per heavy atom. The zero-order valence-electron chi connectivity index (χ0n) is 11.3. The van der Waals surface area contributed by atoms with Gasteiger partial charge in [-0.05, 0) is 54.7 Å². The van der Waals surface area contributed by atoms with Gasteiger partial charge in [-0.2, -0.15) is 0 Å². The predicted octanol–water partition coefficient (Wildman–Crippen LogP) is 3.36. The molecule has 20 heavy (non-hydrogen) atoms. The van der Waals surface area contributed by atoms with Crippen LogP contribution in [0.3, 0.4) is 0 Å². The summed E-state index contributed by atoms with van der Waals surface area (Å²) < 4.78 is 6.70. The highest BCUT2D eigenvalue weighted by atomic mass is 79.9. The molecule has 2 atom stereocenters. The zero-order valence-corrected chi connectivity index (χ0v) is 12.9. The second-order valence-corrected chi connectivity index (χ2v) is 6.49. The average Bonchev–Trinajstić information content (AvgIpc) is 2.64. The van der Waals surface area contributed by atoms with Gasteiger partial charge in [0.15, 0.2) is 0 Å². The number of hydrogen-bond donors (Lipinski definition) is 0. The van der Waals surface area contributed by atoms with E-state index in [1.54, 1.807) is 6.07 Å². The molecule has 2 saturated heterocycles. The Morgan fingerprint density at radius 1 is 1.35 bits per heavy atom. The molecule has 0 amide bonds. The van der Waals surface area contributed by atoms with Crippen molar-refractivity contribution in [2.45, 2.75) is 43.9 Å². The van der Waals surface area contributed by atoms with Gasteiger partial charge in [0.25, 0.3) is 5.69 Å². The first-order chi connectivity index (χ1) is 9.54. The van der Waals surface area contributed by atoms with Crippen molar-refractivity contribution in [1.82, 2.24) is 4.90 Å². The lowest BCUT2D eigenvalue weighted by Crippen LogP contribution is -2.43.